The van der Waals surface area contributed by atoms with Gasteiger partial charge in [-0.3, -0.25) is 19.1 Å². The van der Waals surface area contributed by atoms with Crippen LogP contribution in [0.4, 0.5) is 5.69 Å². The van der Waals surface area contributed by atoms with Crippen molar-refractivity contribution in [2.45, 2.75) is 32.0 Å². The molecule has 0 bridgehead atoms. The van der Waals surface area contributed by atoms with Crippen LogP contribution in [0.3, 0.4) is 0 Å². The second-order valence-electron chi connectivity index (χ2n) is 6.24. The van der Waals surface area contributed by atoms with Gasteiger partial charge >= 0.3 is 5.69 Å². The molecule has 1 amide bonds. The number of anilines is 1. The van der Waals surface area contributed by atoms with E-state index in [-0.39, 0.29) is 11.7 Å². The molecule has 0 aliphatic rings. The lowest BCUT2D eigenvalue weighted by atomic mass is 10.2. The van der Waals surface area contributed by atoms with Gasteiger partial charge in [-0.2, -0.15) is 0 Å². The van der Waals surface area contributed by atoms with Gasteiger partial charge in [-0.25, -0.2) is 9.78 Å². The second-order valence-corrected chi connectivity index (χ2v) is 7.18. The van der Waals surface area contributed by atoms with E-state index >= 15 is 0 Å². The van der Waals surface area contributed by atoms with Gasteiger partial charge in [0.25, 0.3) is 5.56 Å². The molecule has 3 rings (SSSR count). The molecule has 27 heavy (non-hydrogen) atoms. The molecule has 0 atom stereocenters. The van der Waals surface area contributed by atoms with Crippen LogP contribution in [0.5, 0.6) is 0 Å². The highest BCUT2D eigenvalue weighted by Crippen LogP contribution is 2.22. The molecule has 0 unspecified atom stereocenters. The first-order valence-electron chi connectivity index (χ1n) is 8.59. The third-order valence-electron chi connectivity index (χ3n) is 4.09. The van der Waals surface area contributed by atoms with E-state index in [2.05, 4.69) is 15.3 Å². The minimum absolute atomic E-state index is 0.146. The van der Waals surface area contributed by atoms with Crippen LogP contribution >= 0.6 is 11.8 Å². The molecule has 0 radical (unpaired) electrons. The number of carbonyl (C=O) groups excluding carboxylic acids is 1. The van der Waals surface area contributed by atoms with Crippen molar-refractivity contribution in [1.82, 2.24) is 19.1 Å². The summed E-state index contributed by atoms with van der Waals surface area (Å²) < 4.78 is 3.07. The summed E-state index contributed by atoms with van der Waals surface area (Å²) in [6, 6.07) is 7.55. The van der Waals surface area contributed by atoms with Gasteiger partial charge in [-0.05, 0) is 25.5 Å². The lowest BCUT2D eigenvalue weighted by Crippen LogP contribution is -2.29. The van der Waals surface area contributed by atoms with E-state index in [1.807, 2.05) is 38.1 Å². The summed E-state index contributed by atoms with van der Waals surface area (Å²) in [5.74, 6) is -0.0194. The molecule has 8 nitrogen and oxygen atoms in total. The largest absolute Gasteiger partial charge is 0.329 e. The van der Waals surface area contributed by atoms with Gasteiger partial charge in [0.05, 0.1) is 5.75 Å². The third kappa shape index (κ3) is 3.97. The Bertz CT molecular complexity index is 1100. The standard InChI is InChI=1S/C18H21N5O3S/c1-4-9-23-14-15(22(3)17(26)21-16(14)25)20-18(23)27-10-13(24)19-12-7-5-11(2)6-8-12/h5-8H,4,9-10H2,1-3H3,(H,19,24)(H,21,25,26). The first-order chi connectivity index (χ1) is 12.9. The van der Waals surface area contributed by atoms with Gasteiger partial charge < -0.3 is 9.88 Å². The summed E-state index contributed by atoms with van der Waals surface area (Å²) >= 11 is 1.24. The Morgan fingerprint density at radius 1 is 1.26 bits per heavy atom. The van der Waals surface area contributed by atoms with Gasteiger partial charge in [-0.1, -0.05) is 36.4 Å². The number of nitrogens with one attached hydrogen (secondary N) is 2. The fourth-order valence-corrected chi connectivity index (χ4v) is 3.54. The number of benzene rings is 1. The molecule has 2 aromatic heterocycles. The summed E-state index contributed by atoms with van der Waals surface area (Å²) in [6.07, 6.45) is 0.789. The van der Waals surface area contributed by atoms with Crippen molar-refractivity contribution in [3.05, 3.63) is 50.7 Å². The Morgan fingerprint density at radius 2 is 1.96 bits per heavy atom. The van der Waals surface area contributed by atoms with Crippen LogP contribution in [0.2, 0.25) is 0 Å². The molecule has 142 valence electrons. The number of imidazole rings is 1. The van der Waals surface area contributed by atoms with Crippen molar-refractivity contribution in [3.63, 3.8) is 0 Å². The molecule has 2 heterocycles. The van der Waals surface area contributed by atoms with Crippen LogP contribution in [0.1, 0.15) is 18.9 Å². The SMILES string of the molecule is CCCn1c(SCC(=O)Nc2ccc(C)cc2)nc2c1c(=O)[nH]c(=O)n2C. The number of rotatable bonds is 6. The molecular weight excluding hydrogens is 366 g/mol. The summed E-state index contributed by atoms with van der Waals surface area (Å²) in [4.78, 5) is 43.0. The van der Waals surface area contributed by atoms with Crippen molar-refractivity contribution in [3.8, 4) is 0 Å². The number of fused-ring (bicyclic) bond motifs is 1. The average Bonchev–Trinajstić information content (AvgIpc) is 2.99. The van der Waals surface area contributed by atoms with Crippen LogP contribution in [0, 0.1) is 6.92 Å². The van der Waals surface area contributed by atoms with Crippen LogP contribution in [-0.2, 0) is 18.4 Å². The van der Waals surface area contributed by atoms with E-state index < -0.39 is 11.2 Å². The van der Waals surface area contributed by atoms with E-state index in [1.165, 1.54) is 16.3 Å². The van der Waals surface area contributed by atoms with E-state index in [1.54, 1.807) is 11.6 Å². The van der Waals surface area contributed by atoms with E-state index in [9.17, 15) is 14.4 Å². The van der Waals surface area contributed by atoms with Gasteiger partial charge in [0.2, 0.25) is 5.91 Å². The first-order valence-corrected chi connectivity index (χ1v) is 9.58. The zero-order valence-corrected chi connectivity index (χ0v) is 16.2. The zero-order chi connectivity index (χ0) is 19.6. The lowest BCUT2D eigenvalue weighted by molar-refractivity contribution is -0.113. The molecular formula is C18H21N5O3S. The summed E-state index contributed by atoms with van der Waals surface area (Å²) in [6.45, 7) is 4.54. The van der Waals surface area contributed by atoms with Gasteiger partial charge in [0.15, 0.2) is 16.3 Å². The Hall–Kier alpha value is -2.81. The predicted molar refractivity (Wildman–Crippen MR) is 106 cm³/mol. The maximum atomic E-state index is 12.3. The summed E-state index contributed by atoms with van der Waals surface area (Å²) in [7, 11) is 1.56. The number of aromatic nitrogens is 4. The fraction of sp³-hybridized carbons (Fsp3) is 0.333. The predicted octanol–water partition coefficient (Wildman–Crippen LogP) is 1.87. The molecule has 0 saturated heterocycles. The van der Waals surface area contributed by atoms with Crippen molar-refractivity contribution >= 4 is 34.5 Å². The number of aromatic amines is 1. The number of thioether (sulfide) groups is 1. The van der Waals surface area contributed by atoms with Crippen molar-refractivity contribution in [1.29, 1.82) is 0 Å². The molecule has 1 aromatic carbocycles. The Labute approximate surface area is 159 Å². The number of nitrogens with zero attached hydrogens (tertiary/aromatic N) is 3. The quantitative estimate of drug-likeness (QED) is 0.629. The lowest BCUT2D eigenvalue weighted by Gasteiger charge is -2.07. The van der Waals surface area contributed by atoms with E-state index in [4.69, 9.17) is 0 Å². The number of aryl methyl sites for hydroxylation is 3. The Kier molecular flexibility index (Phi) is 5.50. The van der Waals surface area contributed by atoms with Crippen LogP contribution in [0.25, 0.3) is 11.2 Å². The Morgan fingerprint density at radius 3 is 2.63 bits per heavy atom. The van der Waals surface area contributed by atoms with E-state index in [0.29, 0.717) is 22.9 Å². The summed E-state index contributed by atoms with van der Waals surface area (Å²) in [5, 5.41) is 3.38. The maximum absolute atomic E-state index is 12.3. The van der Waals surface area contributed by atoms with Crippen molar-refractivity contribution in [2.75, 3.05) is 11.1 Å². The molecule has 0 aliphatic heterocycles. The van der Waals surface area contributed by atoms with Gasteiger partial charge in [0.1, 0.15) is 0 Å². The summed E-state index contributed by atoms with van der Waals surface area (Å²) in [5.41, 5.74) is 1.53. The Balaban J connectivity index is 1.84. The number of hydrogen-bond acceptors (Lipinski definition) is 5. The normalized spacial score (nSPS) is 11.1. The van der Waals surface area contributed by atoms with Crippen molar-refractivity contribution < 1.29 is 4.79 Å². The molecule has 3 aromatic rings. The van der Waals surface area contributed by atoms with Crippen LogP contribution in [0.15, 0.2) is 39.0 Å². The van der Waals surface area contributed by atoms with Crippen LogP contribution in [-0.4, -0.2) is 30.8 Å². The highest BCUT2D eigenvalue weighted by atomic mass is 32.2. The number of carbonyl (C=O) groups is 1. The monoisotopic (exact) mass is 387 g/mol. The van der Waals surface area contributed by atoms with Gasteiger partial charge in [0, 0.05) is 19.3 Å². The van der Waals surface area contributed by atoms with E-state index in [0.717, 1.165) is 17.7 Å². The highest BCUT2D eigenvalue weighted by molar-refractivity contribution is 7.99. The number of amides is 1. The highest BCUT2D eigenvalue weighted by Gasteiger charge is 2.18. The van der Waals surface area contributed by atoms with Gasteiger partial charge in [-0.15, -0.1) is 0 Å². The number of hydrogen-bond donors (Lipinski definition) is 2. The smallest absolute Gasteiger partial charge is 0.325 e. The zero-order valence-electron chi connectivity index (χ0n) is 15.4. The topological polar surface area (TPSA) is 102 Å². The molecule has 2 N–H and O–H groups in total. The minimum atomic E-state index is -0.512. The second kappa shape index (κ2) is 7.83. The molecule has 0 saturated carbocycles. The molecule has 0 fully saturated rings. The molecule has 0 spiro atoms. The average molecular weight is 387 g/mol. The third-order valence-corrected chi connectivity index (χ3v) is 5.06. The fourth-order valence-electron chi connectivity index (χ4n) is 2.72. The molecule has 9 heteroatoms. The molecule has 0 aliphatic carbocycles. The maximum Gasteiger partial charge on any atom is 0.329 e. The number of H-pyrrole nitrogens is 1. The van der Waals surface area contributed by atoms with Crippen LogP contribution < -0.4 is 16.6 Å². The first kappa shape index (κ1) is 19.0. The van der Waals surface area contributed by atoms with Crippen molar-refractivity contribution in [2.24, 2.45) is 7.05 Å². The minimum Gasteiger partial charge on any atom is -0.325 e.